The van der Waals surface area contributed by atoms with Crippen molar-refractivity contribution in [3.63, 3.8) is 0 Å². The number of aromatic nitrogens is 2. The predicted octanol–water partition coefficient (Wildman–Crippen LogP) is 3.21. The molecule has 0 spiro atoms. The highest BCUT2D eigenvalue weighted by atomic mass is 32.2. The Bertz CT molecular complexity index is 641. The van der Waals surface area contributed by atoms with Crippen molar-refractivity contribution in [2.75, 3.05) is 11.6 Å². The monoisotopic (exact) mass is 291 g/mol. The molecule has 0 radical (unpaired) electrons. The van der Waals surface area contributed by atoms with Crippen LogP contribution >= 0.6 is 11.8 Å². The lowest BCUT2D eigenvalue weighted by atomic mass is 10.1. The molecule has 0 atom stereocenters. The molecule has 1 aromatic heterocycles. The molecular formula is C14H14FN3OS. The van der Waals surface area contributed by atoms with Gasteiger partial charge in [-0.25, -0.2) is 14.4 Å². The molecule has 0 aliphatic carbocycles. The number of hydrogen-bond donors (Lipinski definition) is 1. The summed E-state index contributed by atoms with van der Waals surface area (Å²) >= 11 is 1.40. The molecule has 0 aliphatic heterocycles. The zero-order valence-electron chi connectivity index (χ0n) is 11.4. The summed E-state index contributed by atoms with van der Waals surface area (Å²) in [5.74, 6) is -0.874. The normalized spacial score (nSPS) is 10.4. The summed E-state index contributed by atoms with van der Waals surface area (Å²) < 4.78 is 13.7. The SMILES string of the molecule is CSc1ncc(C(=O)Nc2c(C)cccc2F)c(C)n1. The van der Waals surface area contributed by atoms with Crippen molar-refractivity contribution in [1.29, 1.82) is 0 Å². The van der Waals surface area contributed by atoms with E-state index < -0.39 is 11.7 Å². The van der Waals surface area contributed by atoms with Crippen LogP contribution in [0.3, 0.4) is 0 Å². The number of aryl methyl sites for hydroxylation is 2. The van der Waals surface area contributed by atoms with Crippen LogP contribution < -0.4 is 5.32 Å². The van der Waals surface area contributed by atoms with E-state index in [0.29, 0.717) is 22.0 Å². The van der Waals surface area contributed by atoms with E-state index in [-0.39, 0.29) is 5.69 Å². The first-order valence-corrected chi connectivity index (χ1v) is 7.19. The summed E-state index contributed by atoms with van der Waals surface area (Å²) in [6, 6.07) is 4.64. The Balaban J connectivity index is 2.29. The molecule has 6 heteroatoms. The number of carbonyl (C=O) groups is 1. The number of halogens is 1. The first-order chi connectivity index (χ1) is 9.52. The smallest absolute Gasteiger partial charge is 0.259 e. The third kappa shape index (κ3) is 2.96. The second-order valence-electron chi connectivity index (χ2n) is 4.24. The molecule has 2 rings (SSSR count). The minimum atomic E-state index is -0.461. The van der Waals surface area contributed by atoms with E-state index in [1.54, 1.807) is 26.0 Å². The van der Waals surface area contributed by atoms with Gasteiger partial charge in [0.1, 0.15) is 5.82 Å². The standard InChI is InChI=1S/C14H14FN3OS/c1-8-5-4-6-11(15)12(8)18-13(19)10-7-16-14(20-3)17-9(10)2/h4-7H,1-3H3,(H,18,19). The third-order valence-electron chi connectivity index (χ3n) is 2.84. The maximum absolute atomic E-state index is 13.7. The molecule has 1 amide bonds. The molecular weight excluding hydrogens is 277 g/mol. The van der Waals surface area contributed by atoms with Gasteiger partial charge in [-0.1, -0.05) is 23.9 Å². The molecule has 4 nitrogen and oxygen atoms in total. The van der Waals surface area contributed by atoms with Crippen LogP contribution in [0.5, 0.6) is 0 Å². The number of nitrogens with zero attached hydrogens (tertiary/aromatic N) is 2. The molecule has 0 unspecified atom stereocenters. The van der Waals surface area contributed by atoms with Crippen molar-refractivity contribution < 1.29 is 9.18 Å². The Morgan fingerprint density at radius 2 is 2.10 bits per heavy atom. The lowest BCUT2D eigenvalue weighted by Crippen LogP contribution is -2.16. The van der Waals surface area contributed by atoms with Gasteiger partial charge in [0.25, 0.3) is 5.91 Å². The van der Waals surface area contributed by atoms with E-state index >= 15 is 0 Å². The Labute approximate surface area is 120 Å². The van der Waals surface area contributed by atoms with Gasteiger partial charge in [0.15, 0.2) is 5.16 Å². The van der Waals surface area contributed by atoms with Crippen LogP contribution in [0.1, 0.15) is 21.6 Å². The van der Waals surface area contributed by atoms with Crippen molar-refractivity contribution in [2.24, 2.45) is 0 Å². The predicted molar refractivity (Wildman–Crippen MR) is 77.6 cm³/mol. The first-order valence-electron chi connectivity index (χ1n) is 5.97. The Hall–Kier alpha value is -1.95. The van der Waals surface area contributed by atoms with Gasteiger partial charge in [-0.15, -0.1) is 0 Å². The lowest BCUT2D eigenvalue weighted by molar-refractivity contribution is 0.102. The second-order valence-corrected chi connectivity index (χ2v) is 5.02. The van der Waals surface area contributed by atoms with E-state index in [1.165, 1.54) is 24.0 Å². The van der Waals surface area contributed by atoms with E-state index in [0.717, 1.165) is 0 Å². The largest absolute Gasteiger partial charge is 0.319 e. The molecule has 1 aromatic carbocycles. The van der Waals surface area contributed by atoms with Gasteiger partial charge in [-0.05, 0) is 31.7 Å². The summed E-state index contributed by atoms with van der Waals surface area (Å²) in [4.78, 5) is 20.4. The van der Waals surface area contributed by atoms with Gasteiger partial charge in [0.2, 0.25) is 0 Å². The fourth-order valence-corrected chi connectivity index (χ4v) is 2.12. The van der Waals surface area contributed by atoms with Gasteiger partial charge in [0, 0.05) is 6.20 Å². The summed E-state index contributed by atoms with van der Waals surface area (Å²) in [6.45, 7) is 3.46. The second kappa shape index (κ2) is 6.00. The number of carbonyl (C=O) groups excluding carboxylic acids is 1. The van der Waals surface area contributed by atoms with E-state index in [2.05, 4.69) is 15.3 Å². The Kier molecular flexibility index (Phi) is 4.34. The molecule has 0 saturated carbocycles. The van der Waals surface area contributed by atoms with Crippen molar-refractivity contribution in [3.05, 3.63) is 47.0 Å². The highest BCUT2D eigenvalue weighted by molar-refractivity contribution is 7.98. The fraction of sp³-hybridized carbons (Fsp3) is 0.214. The molecule has 0 aliphatic rings. The van der Waals surface area contributed by atoms with E-state index in [9.17, 15) is 9.18 Å². The zero-order chi connectivity index (χ0) is 14.7. The van der Waals surface area contributed by atoms with Crippen LogP contribution in [0.25, 0.3) is 0 Å². The Morgan fingerprint density at radius 1 is 1.35 bits per heavy atom. The van der Waals surface area contributed by atoms with Crippen LogP contribution in [0.4, 0.5) is 10.1 Å². The minimum absolute atomic E-state index is 0.186. The average molecular weight is 291 g/mol. The topological polar surface area (TPSA) is 54.9 Å². The van der Waals surface area contributed by atoms with Crippen molar-refractivity contribution in [3.8, 4) is 0 Å². The molecule has 104 valence electrons. The summed E-state index contributed by atoms with van der Waals surface area (Å²) in [5, 5.41) is 3.17. The van der Waals surface area contributed by atoms with Crippen LogP contribution in [0.15, 0.2) is 29.6 Å². The molecule has 0 fully saturated rings. The Morgan fingerprint density at radius 3 is 2.70 bits per heavy atom. The van der Waals surface area contributed by atoms with Gasteiger partial charge in [-0.3, -0.25) is 4.79 Å². The number of hydrogen-bond acceptors (Lipinski definition) is 4. The number of benzene rings is 1. The highest BCUT2D eigenvalue weighted by Crippen LogP contribution is 2.20. The fourth-order valence-electron chi connectivity index (χ4n) is 1.74. The van der Waals surface area contributed by atoms with Crippen LogP contribution in [0, 0.1) is 19.7 Å². The molecule has 20 heavy (non-hydrogen) atoms. The lowest BCUT2D eigenvalue weighted by Gasteiger charge is -2.10. The minimum Gasteiger partial charge on any atom is -0.319 e. The summed E-state index contributed by atoms with van der Waals surface area (Å²) in [7, 11) is 0. The number of thioether (sulfide) groups is 1. The number of para-hydroxylation sites is 1. The molecule has 1 N–H and O–H groups in total. The van der Waals surface area contributed by atoms with Crippen molar-refractivity contribution in [2.45, 2.75) is 19.0 Å². The quantitative estimate of drug-likeness (QED) is 0.697. The maximum Gasteiger partial charge on any atom is 0.259 e. The van der Waals surface area contributed by atoms with Crippen LogP contribution in [-0.4, -0.2) is 22.1 Å². The van der Waals surface area contributed by atoms with Crippen LogP contribution in [0.2, 0.25) is 0 Å². The summed E-state index contributed by atoms with van der Waals surface area (Å²) in [6.07, 6.45) is 3.32. The molecule has 0 saturated heterocycles. The third-order valence-corrected chi connectivity index (χ3v) is 3.41. The molecule has 2 aromatic rings. The van der Waals surface area contributed by atoms with Gasteiger partial charge < -0.3 is 5.32 Å². The first kappa shape index (κ1) is 14.5. The van der Waals surface area contributed by atoms with E-state index in [4.69, 9.17) is 0 Å². The number of amides is 1. The molecule has 0 bridgehead atoms. The number of nitrogens with one attached hydrogen (secondary N) is 1. The molecule has 1 heterocycles. The maximum atomic E-state index is 13.7. The number of anilines is 1. The van der Waals surface area contributed by atoms with E-state index in [1.807, 2.05) is 6.26 Å². The van der Waals surface area contributed by atoms with Gasteiger partial charge >= 0.3 is 0 Å². The highest BCUT2D eigenvalue weighted by Gasteiger charge is 2.15. The van der Waals surface area contributed by atoms with Crippen molar-refractivity contribution >= 4 is 23.4 Å². The van der Waals surface area contributed by atoms with Gasteiger partial charge in [-0.2, -0.15) is 0 Å². The zero-order valence-corrected chi connectivity index (χ0v) is 12.2. The number of rotatable bonds is 3. The van der Waals surface area contributed by atoms with Crippen molar-refractivity contribution in [1.82, 2.24) is 9.97 Å². The summed E-state index contributed by atoms with van der Waals surface area (Å²) in [5.41, 5.74) is 1.75. The van der Waals surface area contributed by atoms with Gasteiger partial charge in [0.05, 0.1) is 16.9 Å². The van der Waals surface area contributed by atoms with Crippen LogP contribution in [-0.2, 0) is 0 Å². The average Bonchev–Trinajstić information content (AvgIpc) is 2.42.